The Kier molecular flexibility index (Phi) is 5.68. The number of rotatable bonds is 6. The molecule has 0 saturated carbocycles. The van der Waals surface area contributed by atoms with Gasteiger partial charge in [0.15, 0.2) is 11.5 Å². The second kappa shape index (κ2) is 7.93. The second-order valence-electron chi connectivity index (χ2n) is 4.61. The molecule has 0 fully saturated rings. The summed E-state index contributed by atoms with van der Waals surface area (Å²) < 4.78 is 15.7. The predicted octanol–water partition coefficient (Wildman–Crippen LogP) is 3.75. The van der Waals surface area contributed by atoms with Crippen LogP contribution in [-0.4, -0.2) is 26.9 Å². The van der Waals surface area contributed by atoms with Gasteiger partial charge in [-0.3, -0.25) is 0 Å². The smallest absolute Gasteiger partial charge is 0.323 e. The summed E-state index contributed by atoms with van der Waals surface area (Å²) in [6.07, 6.45) is 0. The molecule has 0 radical (unpaired) electrons. The molecule has 0 saturated heterocycles. The Labute approximate surface area is 135 Å². The first-order chi connectivity index (χ1) is 11.2. The predicted molar refractivity (Wildman–Crippen MR) is 89.8 cm³/mol. The van der Waals surface area contributed by atoms with Crippen molar-refractivity contribution in [2.45, 2.75) is 6.92 Å². The second-order valence-corrected chi connectivity index (χ2v) is 4.61. The van der Waals surface area contributed by atoms with E-state index >= 15 is 0 Å². The summed E-state index contributed by atoms with van der Waals surface area (Å²) in [7, 11) is 3.10. The largest absolute Gasteiger partial charge is 0.494 e. The maximum absolute atomic E-state index is 12.0. The molecule has 0 aromatic heterocycles. The highest BCUT2D eigenvalue weighted by atomic mass is 16.5. The van der Waals surface area contributed by atoms with Gasteiger partial charge in [-0.05, 0) is 43.3 Å². The van der Waals surface area contributed by atoms with Crippen molar-refractivity contribution >= 4 is 17.4 Å². The standard InChI is InChI=1S/C17H20N2O4/c1-4-23-14-8-5-12(6-9-14)18-17(20)19-13-7-10-15(21-2)16(11-13)22-3/h5-11H,4H2,1-3H3,(H2,18,19,20). The average Bonchev–Trinajstić information content (AvgIpc) is 2.56. The van der Waals surface area contributed by atoms with Gasteiger partial charge in [-0.2, -0.15) is 0 Å². The number of methoxy groups -OCH3 is 2. The van der Waals surface area contributed by atoms with Gasteiger partial charge in [0.2, 0.25) is 0 Å². The van der Waals surface area contributed by atoms with Crippen molar-refractivity contribution in [2.24, 2.45) is 0 Å². The molecule has 0 atom stereocenters. The molecule has 0 aliphatic rings. The highest BCUT2D eigenvalue weighted by Crippen LogP contribution is 2.29. The molecule has 23 heavy (non-hydrogen) atoms. The Morgan fingerprint density at radius 1 is 0.913 bits per heavy atom. The molecular formula is C17H20N2O4. The van der Waals surface area contributed by atoms with Crippen molar-refractivity contribution in [3.8, 4) is 17.2 Å². The van der Waals surface area contributed by atoms with Crippen LogP contribution in [0.1, 0.15) is 6.92 Å². The number of nitrogens with one attached hydrogen (secondary N) is 2. The Morgan fingerprint density at radius 2 is 1.52 bits per heavy atom. The average molecular weight is 316 g/mol. The molecule has 0 aliphatic heterocycles. The molecule has 0 heterocycles. The molecule has 122 valence electrons. The summed E-state index contributed by atoms with van der Waals surface area (Å²) in [5.41, 5.74) is 1.28. The highest BCUT2D eigenvalue weighted by molar-refractivity contribution is 5.99. The van der Waals surface area contributed by atoms with Crippen LogP contribution < -0.4 is 24.8 Å². The van der Waals surface area contributed by atoms with E-state index in [1.165, 1.54) is 0 Å². The summed E-state index contributed by atoms with van der Waals surface area (Å²) in [5.74, 6) is 1.91. The van der Waals surface area contributed by atoms with Crippen LogP contribution in [0.25, 0.3) is 0 Å². The zero-order valence-electron chi connectivity index (χ0n) is 13.4. The van der Waals surface area contributed by atoms with Crippen molar-refractivity contribution in [1.29, 1.82) is 0 Å². The quantitative estimate of drug-likeness (QED) is 0.851. The monoisotopic (exact) mass is 316 g/mol. The molecule has 6 heteroatoms. The first-order valence-electron chi connectivity index (χ1n) is 7.19. The van der Waals surface area contributed by atoms with E-state index in [0.717, 1.165) is 5.75 Å². The molecule has 0 spiro atoms. The van der Waals surface area contributed by atoms with Gasteiger partial charge in [-0.15, -0.1) is 0 Å². The van der Waals surface area contributed by atoms with Gasteiger partial charge in [-0.1, -0.05) is 0 Å². The van der Waals surface area contributed by atoms with Crippen molar-refractivity contribution in [3.05, 3.63) is 42.5 Å². The number of anilines is 2. The number of benzene rings is 2. The van der Waals surface area contributed by atoms with E-state index in [9.17, 15) is 4.79 Å². The molecule has 0 bridgehead atoms. The van der Waals surface area contributed by atoms with Gasteiger partial charge in [0.1, 0.15) is 5.75 Å². The molecule has 2 rings (SSSR count). The Morgan fingerprint density at radius 3 is 2.13 bits per heavy atom. The molecule has 2 aromatic rings. The van der Waals surface area contributed by atoms with Crippen molar-refractivity contribution in [1.82, 2.24) is 0 Å². The van der Waals surface area contributed by atoms with Crippen LogP contribution in [-0.2, 0) is 0 Å². The molecule has 0 aliphatic carbocycles. The van der Waals surface area contributed by atoms with E-state index in [1.54, 1.807) is 56.7 Å². The lowest BCUT2D eigenvalue weighted by Crippen LogP contribution is -2.19. The SMILES string of the molecule is CCOc1ccc(NC(=O)Nc2ccc(OC)c(OC)c2)cc1. The number of carbonyl (C=O) groups excluding carboxylic acids is 1. The first kappa shape index (κ1) is 16.5. The Hall–Kier alpha value is -2.89. The first-order valence-corrected chi connectivity index (χ1v) is 7.19. The van der Waals surface area contributed by atoms with Gasteiger partial charge < -0.3 is 24.8 Å². The van der Waals surface area contributed by atoms with Crippen molar-refractivity contribution in [2.75, 3.05) is 31.5 Å². The number of ether oxygens (including phenoxy) is 3. The summed E-state index contributed by atoms with van der Waals surface area (Å²) in [6, 6.07) is 12.0. The minimum Gasteiger partial charge on any atom is -0.494 e. The number of hydrogen-bond donors (Lipinski definition) is 2. The van der Waals surface area contributed by atoms with Crippen LogP contribution >= 0.6 is 0 Å². The highest BCUT2D eigenvalue weighted by Gasteiger charge is 2.07. The third-order valence-electron chi connectivity index (χ3n) is 3.06. The molecule has 2 N–H and O–H groups in total. The topological polar surface area (TPSA) is 68.8 Å². The lowest BCUT2D eigenvalue weighted by atomic mass is 10.2. The third kappa shape index (κ3) is 4.54. The zero-order valence-corrected chi connectivity index (χ0v) is 13.4. The summed E-state index contributed by atoms with van der Waals surface area (Å²) in [6.45, 7) is 2.52. The van der Waals surface area contributed by atoms with Gasteiger partial charge in [0.25, 0.3) is 0 Å². The van der Waals surface area contributed by atoms with E-state index in [1.807, 2.05) is 6.92 Å². The van der Waals surface area contributed by atoms with Crippen molar-refractivity contribution < 1.29 is 19.0 Å². The van der Waals surface area contributed by atoms with E-state index in [-0.39, 0.29) is 6.03 Å². The number of hydrogen-bond acceptors (Lipinski definition) is 4. The third-order valence-corrected chi connectivity index (χ3v) is 3.06. The van der Waals surface area contributed by atoms with E-state index in [0.29, 0.717) is 29.5 Å². The zero-order chi connectivity index (χ0) is 16.7. The maximum atomic E-state index is 12.0. The lowest BCUT2D eigenvalue weighted by Gasteiger charge is -2.11. The van der Waals surface area contributed by atoms with E-state index in [2.05, 4.69) is 10.6 Å². The van der Waals surface area contributed by atoms with Gasteiger partial charge in [-0.25, -0.2) is 4.79 Å². The maximum Gasteiger partial charge on any atom is 0.323 e. The van der Waals surface area contributed by atoms with Gasteiger partial charge in [0.05, 0.1) is 20.8 Å². The fourth-order valence-electron chi connectivity index (χ4n) is 2.01. The van der Waals surface area contributed by atoms with Crippen LogP contribution in [0.3, 0.4) is 0 Å². The minimum absolute atomic E-state index is 0.346. The van der Waals surface area contributed by atoms with Gasteiger partial charge >= 0.3 is 6.03 Å². The van der Waals surface area contributed by atoms with E-state index < -0.39 is 0 Å². The fourth-order valence-corrected chi connectivity index (χ4v) is 2.01. The fraction of sp³-hybridized carbons (Fsp3) is 0.235. The van der Waals surface area contributed by atoms with Crippen LogP contribution in [0.2, 0.25) is 0 Å². The Balaban J connectivity index is 1.99. The van der Waals surface area contributed by atoms with Gasteiger partial charge in [0, 0.05) is 17.4 Å². The van der Waals surface area contributed by atoms with E-state index in [4.69, 9.17) is 14.2 Å². The molecule has 2 aromatic carbocycles. The van der Waals surface area contributed by atoms with Crippen molar-refractivity contribution in [3.63, 3.8) is 0 Å². The summed E-state index contributed by atoms with van der Waals surface area (Å²) in [4.78, 5) is 12.0. The molecule has 6 nitrogen and oxygen atoms in total. The van der Waals surface area contributed by atoms with Crippen LogP contribution in [0, 0.1) is 0 Å². The Bertz CT molecular complexity index is 656. The molecule has 2 amide bonds. The summed E-state index contributed by atoms with van der Waals surface area (Å²) >= 11 is 0. The number of amides is 2. The lowest BCUT2D eigenvalue weighted by molar-refractivity contribution is 0.262. The van der Waals surface area contributed by atoms with Crippen LogP contribution in [0.5, 0.6) is 17.2 Å². The molecular weight excluding hydrogens is 296 g/mol. The van der Waals surface area contributed by atoms with Crippen LogP contribution in [0.4, 0.5) is 16.2 Å². The summed E-state index contributed by atoms with van der Waals surface area (Å²) in [5, 5.41) is 5.49. The number of carbonyl (C=O) groups is 1. The molecule has 0 unspecified atom stereocenters. The normalized spacial score (nSPS) is 9.87. The van der Waals surface area contributed by atoms with Crippen LogP contribution in [0.15, 0.2) is 42.5 Å². The minimum atomic E-state index is -0.346. The number of urea groups is 1.